The van der Waals surface area contributed by atoms with Gasteiger partial charge in [-0.2, -0.15) is 13.2 Å². The van der Waals surface area contributed by atoms with Crippen molar-refractivity contribution in [3.63, 3.8) is 0 Å². The number of carbonyl (C=O) groups excluding carboxylic acids is 1. The first kappa shape index (κ1) is 21.7. The van der Waals surface area contributed by atoms with Crippen LogP contribution in [0.5, 0.6) is 0 Å². The number of alkyl halides is 3. The van der Waals surface area contributed by atoms with E-state index in [1.807, 2.05) is 0 Å². The summed E-state index contributed by atoms with van der Waals surface area (Å²) >= 11 is 1.22. The van der Waals surface area contributed by atoms with Crippen molar-refractivity contribution in [2.45, 2.75) is 19.1 Å². The quantitative estimate of drug-likeness (QED) is 0.409. The number of halogens is 4. The van der Waals surface area contributed by atoms with E-state index < -0.39 is 40.8 Å². The molecule has 164 valence electrons. The zero-order chi connectivity index (χ0) is 23.0. The molecule has 1 N–H and O–H groups in total. The molecule has 4 aromatic rings. The van der Waals surface area contributed by atoms with Crippen molar-refractivity contribution >= 4 is 33.1 Å². The predicted octanol–water partition coefficient (Wildman–Crippen LogP) is 5.48. The minimum Gasteiger partial charge on any atom is -0.324 e. The maximum absolute atomic E-state index is 13.3. The van der Waals surface area contributed by atoms with Gasteiger partial charge in [-0.05, 0) is 36.8 Å². The van der Waals surface area contributed by atoms with Gasteiger partial charge in [-0.1, -0.05) is 24.3 Å². The van der Waals surface area contributed by atoms with Crippen LogP contribution in [0.25, 0.3) is 21.3 Å². The maximum atomic E-state index is 13.3. The number of nitrogens with zero attached hydrogens (tertiary/aromatic N) is 2. The molecular weight excluding hydrogens is 446 g/mol. The second-order valence-corrected chi connectivity index (χ2v) is 7.86. The monoisotopic (exact) mass is 461 g/mol. The van der Waals surface area contributed by atoms with Crippen LogP contribution in [-0.2, 0) is 11.0 Å². The number of rotatable bonds is 4. The molecule has 0 saturated carbocycles. The van der Waals surface area contributed by atoms with Crippen LogP contribution in [0, 0.1) is 5.82 Å². The zero-order valence-electron chi connectivity index (χ0n) is 16.5. The largest absolute Gasteiger partial charge is 0.418 e. The molecule has 1 atom stereocenters. The summed E-state index contributed by atoms with van der Waals surface area (Å²) in [6.45, 7) is 1.39. The van der Waals surface area contributed by atoms with Crippen molar-refractivity contribution in [2.24, 2.45) is 0 Å². The van der Waals surface area contributed by atoms with Crippen LogP contribution in [0.4, 0.5) is 23.2 Å². The van der Waals surface area contributed by atoms with Crippen LogP contribution in [-0.4, -0.2) is 15.5 Å². The van der Waals surface area contributed by atoms with Gasteiger partial charge in [0.2, 0.25) is 5.91 Å². The Labute approximate surface area is 183 Å². The molecule has 0 saturated heterocycles. The van der Waals surface area contributed by atoms with Gasteiger partial charge in [0, 0.05) is 10.9 Å². The third kappa shape index (κ3) is 4.01. The van der Waals surface area contributed by atoms with E-state index in [4.69, 9.17) is 0 Å². The summed E-state index contributed by atoms with van der Waals surface area (Å²) in [7, 11) is 0. The van der Waals surface area contributed by atoms with E-state index >= 15 is 0 Å². The molecule has 0 bridgehead atoms. The fourth-order valence-corrected chi connectivity index (χ4v) is 4.17. The minimum atomic E-state index is -4.65. The SMILES string of the molecule is CC(C(=O)Nc1ccccc1C(F)(F)F)n1cnc2scc(-c3ccc(F)cc3)c2c1=O. The molecule has 4 rings (SSSR count). The molecule has 5 nitrogen and oxygen atoms in total. The van der Waals surface area contributed by atoms with Crippen LogP contribution in [0.3, 0.4) is 0 Å². The Balaban J connectivity index is 1.70. The summed E-state index contributed by atoms with van der Waals surface area (Å²) in [4.78, 5) is 30.5. The molecule has 32 heavy (non-hydrogen) atoms. The highest BCUT2D eigenvalue weighted by Gasteiger charge is 2.34. The summed E-state index contributed by atoms with van der Waals surface area (Å²) in [5.41, 5.74) is -0.779. The van der Waals surface area contributed by atoms with Gasteiger partial charge in [0.15, 0.2) is 0 Å². The third-order valence-corrected chi connectivity index (χ3v) is 5.85. The highest BCUT2D eigenvalue weighted by atomic mass is 32.1. The lowest BCUT2D eigenvalue weighted by Crippen LogP contribution is -2.32. The van der Waals surface area contributed by atoms with Crippen LogP contribution in [0.1, 0.15) is 18.5 Å². The van der Waals surface area contributed by atoms with Gasteiger partial charge in [0.1, 0.15) is 16.7 Å². The second-order valence-electron chi connectivity index (χ2n) is 7.00. The number of anilines is 1. The first-order chi connectivity index (χ1) is 15.2. The first-order valence-corrected chi connectivity index (χ1v) is 10.3. The number of thiophene rings is 1. The summed E-state index contributed by atoms with van der Waals surface area (Å²) in [6, 6.07) is 9.04. The Hall–Kier alpha value is -3.53. The van der Waals surface area contributed by atoms with E-state index in [-0.39, 0.29) is 5.39 Å². The highest BCUT2D eigenvalue weighted by Crippen LogP contribution is 2.35. The average Bonchev–Trinajstić information content (AvgIpc) is 3.19. The zero-order valence-corrected chi connectivity index (χ0v) is 17.3. The fourth-order valence-electron chi connectivity index (χ4n) is 3.27. The van der Waals surface area contributed by atoms with E-state index in [9.17, 15) is 27.2 Å². The molecule has 0 aliphatic carbocycles. The molecule has 2 aromatic carbocycles. The molecule has 10 heteroatoms. The van der Waals surface area contributed by atoms with E-state index in [0.717, 1.165) is 16.7 Å². The highest BCUT2D eigenvalue weighted by molar-refractivity contribution is 7.17. The first-order valence-electron chi connectivity index (χ1n) is 9.38. The molecule has 1 amide bonds. The molecule has 1 unspecified atom stereocenters. The van der Waals surface area contributed by atoms with E-state index in [1.165, 1.54) is 61.0 Å². The number of hydrogen-bond acceptors (Lipinski definition) is 4. The van der Waals surface area contributed by atoms with E-state index in [2.05, 4.69) is 10.3 Å². The Morgan fingerprint density at radius 3 is 2.50 bits per heavy atom. The molecule has 0 aliphatic rings. The van der Waals surface area contributed by atoms with Crippen molar-refractivity contribution < 1.29 is 22.4 Å². The molecule has 0 aliphatic heterocycles. The number of fused-ring (bicyclic) bond motifs is 1. The number of benzene rings is 2. The topological polar surface area (TPSA) is 64.0 Å². The van der Waals surface area contributed by atoms with Crippen molar-refractivity contribution in [3.8, 4) is 11.1 Å². The summed E-state index contributed by atoms with van der Waals surface area (Å²) < 4.78 is 54.0. The van der Waals surface area contributed by atoms with Crippen molar-refractivity contribution in [2.75, 3.05) is 5.32 Å². The van der Waals surface area contributed by atoms with Gasteiger partial charge < -0.3 is 5.32 Å². The Morgan fingerprint density at radius 1 is 1.12 bits per heavy atom. The Kier molecular flexibility index (Phi) is 5.55. The standard InChI is InChI=1S/C22H15F4N3O2S/c1-12(19(30)28-17-5-3-2-4-16(17)22(24,25)26)29-11-27-20-18(21(29)31)15(10-32-20)13-6-8-14(23)9-7-13/h2-12H,1H3,(H,28,30). The number of amides is 1. The van der Waals surface area contributed by atoms with E-state index in [1.54, 1.807) is 5.38 Å². The summed E-state index contributed by atoms with van der Waals surface area (Å²) in [6.07, 6.45) is -3.46. The number of para-hydroxylation sites is 1. The minimum absolute atomic E-state index is 0.249. The Morgan fingerprint density at radius 2 is 1.81 bits per heavy atom. The molecule has 0 fully saturated rings. The lowest BCUT2D eigenvalue weighted by molar-refractivity contribution is -0.137. The molecule has 0 radical (unpaired) electrons. The van der Waals surface area contributed by atoms with Gasteiger partial charge >= 0.3 is 6.18 Å². The summed E-state index contributed by atoms with van der Waals surface area (Å²) in [5.74, 6) is -1.23. The fraction of sp³-hybridized carbons (Fsp3) is 0.136. The predicted molar refractivity (Wildman–Crippen MR) is 114 cm³/mol. The molecule has 0 spiro atoms. The van der Waals surface area contributed by atoms with Gasteiger partial charge in [-0.25, -0.2) is 9.37 Å². The molecule has 2 heterocycles. The third-order valence-electron chi connectivity index (χ3n) is 4.96. The summed E-state index contributed by atoms with van der Waals surface area (Å²) in [5, 5.41) is 4.21. The van der Waals surface area contributed by atoms with Crippen molar-refractivity contribution in [1.29, 1.82) is 0 Å². The van der Waals surface area contributed by atoms with Gasteiger partial charge in [0.05, 0.1) is 23.0 Å². The number of hydrogen-bond donors (Lipinski definition) is 1. The molecular formula is C22H15F4N3O2S. The van der Waals surface area contributed by atoms with Gasteiger partial charge in [0.25, 0.3) is 5.56 Å². The lowest BCUT2D eigenvalue weighted by atomic mass is 10.1. The van der Waals surface area contributed by atoms with Crippen LogP contribution in [0.15, 0.2) is 65.0 Å². The Bertz CT molecular complexity index is 1360. The maximum Gasteiger partial charge on any atom is 0.418 e. The normalized spacial score (nSPS) is 12.7. The number of aromatic nitrogens is 2. The lowest BCUT2D eigenvalue weighted by Gasteiger charge is -2.18. The van der Waals surface area contributed by atoms with Gasteiger partial charge in [-0.3, -0.25) is 14.2 Å². The van der Waals surface area contributed by atoms with Crippen molar-refractivity contribution in [3.05, 3.63) is 82.0 Å². The van der Waals surface area contributed by atoms with E-state index in [0.29, 0.717) is 16.0 Å². The van der Waals surface area contributed by atoms with Gasteiger partial charge in [-0.15, -0.1) is 11.3 Å². The number of carbonyl (C=O) groups is 1. The number of nitrogens with one attached hydrogen (secondary N) is 1. The second kappa shape index (κ2) is 8.19. The van der Waals surface area contributed by atoms with Crippen LogP contribution >= 0.6 is 11.3 Å². The van der Waals surface area contributed by atoms with Crippen LogP contribution in [0.2, 0.25) is 0 Å². The molecule has 2 aromatic heterocycles. The average molecular weight is 461 g/mol. The van der Waals surface area contributed by atoms with Crippen molar-refractivity contribution in [1.82, 2.24) is 9.55 Å². The van der Waals surface area contributed by atoms with Crippen LogP contribution < -0.4 is 10.9 Å². The smallest absolute Gasteiger partial charge is 0.324 e.